The van der Waals surface area contributed by atoms with Gasteiger partial charge < -0.3 is 4.98 Å². The van der Waals surface area contributed by atoms with Crippen molar-refractivity contribution in [3.8, 4) is 0 Å². The summed E-state index contributed by atoms with van der Waals surface area (Å²) in [6, 6.07) is 0. The summed E-state index contributed by atoms with van der Waals surface area (Å²) in [5.41, 5.74) is 1.74. The lowest BCUT2D eigenvalue weighted by Crippen LogP contribution is -2.03. The van der Waals surface area contributed by atoms with Gasteiger partial charge in [0, 0.05) is 10.8 Å². The van der Waals surface area contributed by atoms with Crippen LogP contribution in [0.5, 0.6) is 0 Å². The number of thiophene rings is 1. The van der Waals surface area contributed by atoms with E-state index in [1.807, 2.05) is 17.0 Å². The fourth-order valence-corrected chi connectivity index (χ4v) is 4.01. The Labute approximate surface area is 130 Å². The van der Waals surface area contributed by atoms with Crippen LogP contribution < -0.4 is 0 Å². The second kappa shape index (κ2) is 5.80. The first-order valence-electron chi connectivity index (χ1n) is 5.53. The number of aromatic nitrogens is 4. The molecule has 3 heterocycles. The molecule has 3 rings (SSSR count). The first-order chi connectivity index (χ1) is 9.67. The highest BCUT2D eigenvalue weighted by Gasteiger charge is 2.14. The standard InChI is InChI=1S/C11H9ClN4OS3/c1-18-10-6(12)2-13-9(16-10)5-20(17)11-14-7-3-19-4-8(7)15-11/h2-4H,5H2,1H3,(H,14,15). The first kappa shape index (κ1) is 14.0. The lowest BCUT2D eigenvalue weighted by atomic mass is 10.5. The van der Waals surface area contributed by atoms with Crippen LogP contribution in [0.1, 0.15) is 5.82 Å². The Bertz CT molecular complexity index is 756. The van der Waals surface area contributed by atoms with Crippen LogP contribution in [0.2, 0.25) is 5.02 Å². The fraction of sp³-hybridized carbons (Fsp3) is 0.182. The molecule has 0 bridgehead atoms. The lowest BCUT2D eigenvalue weighted by molar-refractivity contribution is 0.675. The van der Waals surface area contributed by atoms with Crippen molar-refractivity contribution in [2.75, 3.05) is 6.26 Å². The van der Waals surface area contributed by atoms with E-state index < -0.39 is 10.8 Å². The topological polar surface area (TPSA) is 71.5 Å². The maximum atomic E-state index is 12.3. The molecule has 104 valence electrons. The molecule has 0 aliphatic heterocycles. The minimum absolute atomic E-state index is 0.213. The van der Waals surface area contributed by atoms with Gasteiger partial charge in [-0.3, -0.25) is 4.21 Å². The van der Waals surface area contributed by atoms with E-state index in [1.54, 1.807) is 11.3 Å². The summed E-state index contributed by atoms with van der Waals surface area (Å²) >= 11 is 8.94. The summed E-state index contributed by atoms with van der Waals surface area (Å²) in [6.45, 7) is 0. The van der Waals surface area contributed by atoms with Crippen LogP contribution in [0.15, 0.2) is 27.1 Å². The van der Waals surface area contributed by atoms with Crippen molar-refractivity contribution in [1.82, 2.24) is 19.9 Å². The van der Waals surface area contributed by atoms with Crippen molar-refractivity contribution in [1.29, 1.82) is 0 Å². The molecule has 0 fully saturated rings. The monoisotopic (exact) mass is 344 g/mol. The molecule has 1 N–H and O–H groups in total. The lowest BCUT2D eigenvalue weighted by Gasteiger charge is -2.02. The van der Waals surface area contributed by atoms with E-state index in [9.17, 15) is 4.21 Å². The number of thioether (sulfide) groups is 1. The molecule has 3 aromatic heterocycles. The Hall–Kier alpha value is -0.960. The van der Waals surface area contributed by atoms with Crippen LogP contribution in [0, 0.1) is 0 Å². The van der Waals surface area contributed by atoms with Gasteiger partial charge in [0.2, 0.25) is 0 Å². The Balaban J connectivity index is 1.83. The molecule has 1 unspecified atom stereocenters. The molecular weight excluding hydrogens is 336 g/mol. The van der Waals surface area contributed by atoms with Crippen molar-refractivity contribution in [2.45, 2.75) is 15.9 Å². The second-order valence-electron chi connectivity index (χ2n) is 3.85. The minimum Gasteiger partial charge on any atom is -0.330 e. The zero-order chi connectivity index (χ0) is 14.1. The summed E-state index contributed by atoms with van der Waals surface area (Å²) in [5.74, 6) is 0.709. The van der Waals surface area contributed by atoms with Crippen molar-refractivity contribution in [2.24, 2.45) is 0 Å². The van der Waals surface area contributed by atoms with Crippen LogP contribution in [-0.4, -0.2) is 30.4 Å². The molecule has 0 amide bonds. The number of rotatable bonds is 4. The third-order valence-electron chi connectivity index (χ3n) is 2.54. The van der Waals surface area contributed by atoms with Crippen molar-refractivity contribution in [3.63, 3.8) is 0 Å². The van der Waals surface area contributed by atoms with Gasteiger partial charge in [-0.25, -0.2) is 15.0 Å². The smallest absolute Gasteiger partial charge is 0.197 e. The van der Waals surface area contributed by atoms with Crippen LogP contribution >= 0.6 is 34.7 Å². The molecule has 0 saturated carbocycles. The normalized spacial score (nSPS) is 12.9. The molecule has 0 saturated heterocycles. The number of imidazole rings is 1. The zero-order valence-corrected chi connectivity index (χ0v) is 13.5. The van der Waals surface area contributed by atoms with Crippen molar-refractivity contribution >= 4 is 56.5 Å². The number of H-pyrrole nitrogens is 1. The molecule has 0 aliphatic carbocycles. The summed E-state index contributed by atoms with van der Waals surface area (Å²) in [4.78, 5) is 15.7. The van der Waals surface area contributed by atoms with E-state index in [-0.39, 0.29) is 5.75 Å². The third-order valence-corrected chi connectivity index (χ3v) is 5.50. The SMILES string of the molecule is CSc1nc(CS(=O)c2nc3cscc3[nH]2)ncc1Cl. The molecular formula is C11H9ClN4OS3. The predicted octanol–water partition coefficient (Wildman–Crippen LogP) is 3.10. The van der Waals surface area contributed by atoms with E-state index in [1.165, 1.54) is 18.0 Å². The van der Waals surface area contributed by atoms with E-state index in [0.29, 0.717) is 21.0 Å². The van der Waals surface area contributed by atoms with Crippen LogP contribution in [0.3, 0.4) is 0 Å². The van der Waals surface area contributed by atoms with Gasteiger partial charge in [0.15, 0.2) is 5.16 Å². The zero-order valence-electron chi connectivity index (χ0n) is 10.3. The summed E-state index contributed by atoms with van der Waals surface area (Å²) in [5, 5.41) is 5.50. The summed E-state index contributed by atoms with van der Waals surface area (Å²) in [6.07, 6.45) is 3.42. The average Bonchev–Trinajstić information content (AvgIpc) is 3.01. The number of aromatic amines is 1. The molecule has 0 radical (unpaired) electrons. The third kappa shape index (κ3) is 2.73. The Morgan fingerprint density at radius 1 is 1.45 bits per heavy atom. The van der Waals surface area contributed by atoms with Crippen LogP contribution in [0.4, 0.5) is 0 Å². The van der Waals surface area contributed by atoms with E-state index in [4.69, 9.17) is 11.6 Å². The number of hydrogen-bond donors (Lipinski definition) is 1. The first-order valence-corrected chi connectivity index (χ1v) is 9.39. The average molecular weight is 345 g/mol. The molecule has 5 nitrogen and oxygen atoms in total. The highest BCUT2D eigenvalue weighted by molar-refractivity contribution is 7.98. The van der Waals surface area contributed by atoms with Crippen molar-refractivity contribution < 1.29 is 4.21 Å². The van der Waals surface area contributed by atoms with Gasteiger partial charge in [-0.2, -0.15) is 0 Å². The second-order valence-corrected chi connectivity index (χ2v) is 7.16. The Morgan fingerprint density at radius 2 is 2.30 bits per heavy atom. The Morgan fingerprint density at radius 3 is 3.05 bits per heavy atom. The van der Waals surface area contributed by atoms with Gasteiger partial charge >= 0.3 is 0 Å². The summed E-state index contributed by atoms with van der Waals surface area (Å²) < 4.78 is 12.3. The highest BCUT2D eigenvalue weighted by atomic mass is 35.5. The molecule has 9 heteroatoms. The number of nitrogens with zero attached hydrogens (tertiary/aromatic N) is 3. The molecule has 1 atom stereocenters. The molecule has 20 heavy (non-hydrogen) atoms. The van der Waals surface area contributed by atoms with Crippen LogP contribution in [0.25, 0.3) is 11.0 Å². The minimum atomic E-state index is -1.30. The van der Waals surface area contributed by atoms with E-state index >= 15 is 0 Å². The number of halogens is 1. The maximum Gasteiger partial charge on any atom is 0.197 e. The maximum absolute atomic E-state index is 12.3. The number of hydrogen-bond acceptors (Lipinski definition) is 6. The number of fused-ring (bicyclic) bond motifs is 1. The predicted molar refractivity (Wildman–Crippen MR) is 82.9 cm³/mol. The van der Waals surface area contributed by atoms with Gasteiger partial charge in [-0.05, 0) is 6.26 Å². The molecule has 0 spiro atoms. The van der Waals surface area contributed by atoms with Gasteiger partial charge in [0.25, 0.3) is 0 Å². The van der Waals surface area contributed by atoms with Crippen molar-refractivity contribution in [3.05, 3.63) is 27.8 Å². The van der Waals surface area contributed by atoms with E-state index in [2.05, 4.69) is 19.9 Å². The Kier molecular flexibility index (Phi) is 4.06. The van der Waals surface area contributed by atoms with Gasteiger partial charge in [0.1, 0.15) is 16.4 Å². The quantitative estimate of drug-likeness (QED) is 0.581. The largest absolute Gasteiger partial charge is 0.330 e. The van der Waals surface area contributed by atoms with E-state index in [0.717, 1.165) is 11.0 Å². The molecule has 3 aromatic rings. The summed E-state index contributed by atoms with van der Waals surface area (Å²) in [7, 11) is -1.30. The van der Waals surface area contributed by atoms with Gasteiger partial charge in [0.05, 0.1) is 33.3 Å². The van der Waals surface area contributed by atoms with Gasteiger partial charge in [-0.15, -0.1) is 23.1 Å². The molecule has 0 aromatic carbocycles. The van der Waals surface area contributed by atoms with Crippen LogP contribution in [-0.2, 0) is 16.6 Å². The van der Waals surface area contributed by atoms with Gasteiger partial charge in [-0.1, -0.05) is 11.6 Å². The number of nitrogens with one attached hydrogen (secondary N) is 1. The highest BCUT2D eigenvalue weighted by Crippen LogP contribution is 2.23. The fourth-order valence-electron chi connectivity index (χ4n) is 1.62. The molecule has 0 aliphatic rings.